The molecule has 1 unspecified atom stereocenters. The van der Waals surface area contributed by atoms with Crippen molar-refractivity contribution in [3.63, 3.8) is 0 Å². The van der Waals surface area contributed by atoms with Gasteiger partial charge in [-0.05, 0) is 31.2 Å². The molecule has 7 heteroatoms. The number of nitrogens with one attached hydrogen (secondary N) is 2. The molecule has 2 N–H and O–H groups in total. The molecule has 0 aliphatic heterocycles. The first-order valence-electron chi connectivity index (χ1n) is 8.59. The van der Waals surface area contributed by atoms with Crippen LogP contribution in [0, 0.1) is 5.82 Å². The number of halogens is 1. The number of thiazole rings is 1. The standard InChI is InChI=1S/C19H27FN4OS/c1-13(25-15-8-6-14(20)7-9-15)10-22-18(21-5)23-11-17-24-16(12-26-17)19(2,3)4/h6-9,12-13H,10-11H2,1-5H3,(H2,21,22,23). The van der Waals surface area contributed by atoms with E-state index in [4.69, 9.17) is 4.74 Å². The van der Waals surface area contributed by atoms with Gasteiger partial charge < -0.3 is 15.4 Å². The van der Waals surface area contributed by atoms with Crippen molar-refractivity contribution in [2.45, 2.75) is 45.8 Å². The van der Waals surface area contributed by atoms with E-state index in [0.29, 0.717) is 24.8 Å². The number of aromatic nitrogens is 1. The summed E-state index contributed by atoms with van der Waals surface area (Å²) in [4.78, 5) is 8.88. The minimum atomic E-state index is -0.274. The lowest BCUT2D eigenvalue weighted by Crippen LogP contribution is -2.41. The summed E-state index contributed by atoms with van der Waals surface area (Å²) in [5.74, 6) is 1.05. The van der Waals surface area contributed by atoms with Gasteiger partial charge >= 0.3 is 0 Å². The van der Waals surface area contributed by atoms with E-state index in [9.17, 15) is 4.39 Å². The van der Waals surface area contributed by atoms with Crippen LogP contribution in [0.3, 0.4) is 0 Å². The minimum absolute atomic E-state index is 0.0573. The van der Waals surface area contributed by atoms with Gasteiger partial charge in [0.15, 0.2) is 5.96 Å². The third-order valence-electron chi connectivity index (χ3n) is 3.66. The summed E-state index contributed by atoms with van der Waals surface area (Å²) in [6, 6.07) is 6.01. The highest BCUT2D eigenvalue weighted by atomic mass is 32.1. The number of nitrogens with zero attached hydrogens (tertiary/aromatic N) is 2. The first-order valence-corrected chi connectivity index (χ1v) is 9.47. The van der Waals surface area contributed by atoms with Gasteiger partial charge in [-0.2, -0.15) is 0 Å². The summed E-state index contributed by atoms with van der Waals surface area (Å²) in [6.45, 7) is 9.60. The first kappa shape index (κ1) is 20.2. The van der Waals surface area contributed by atoms with Crippen LogP contribution in [0.1, 0.15) is 38.4 Å². The van der Waals surface area contributed by atoms with Crippen LogP contribution in [0.4, 0.5) is 4.39 Å². The molecule has 1 heterocycles. The fourth-order valence-electron chi connectivity index (χ4n) is 2.14. The normalized spacial score (nSPS) is 13.4. The lowest BCUT2D eigenvalue weighted by Gasteiger charge is -2.17. The highest BCUT2D eigenvalue weighted by molar-refractivity contribution is 7.09. The maximum absolute atomic E-state index is 12.9. The fourth-order valence-corrected chi connectivity index (χ4v) is 3.10. The van der Waals surface area contributed by atoms with Crippen LogP contribution in [0.2, 0.25) is 0 Å². The van der Waals surface area contributed by atoms with Crippen LogP contribution in [0.5, 0.6) is 5.75 Å². The zero-order valence-corrected chi connectivity index (χ0v) is 16.8. The largest absolute Gasteiger partial charge is 0.489 e. The van der Waals surface area contributed by atoms with Gasteiger partial charge in [0.25, 0.3) is 0 Å². The van der Waals surface area contributed by atoms with Crippen molar-refractivity contribution in [3.8, 4) is 5.75 Å². The number of rotatable bonds is 6. The van der Waals surface area contributed by atoms with Gasteiger partial charge in [0.05, 0.1) is 18.8 Å². The Bertz CT molecular complexity index is 722. The highest BCUT2D eigenvalue weighted by Crippen LogP contribution is 2.23. The molecule has 0 spiro atoms. The molecule has 2 aromatic rings. The van der Waals surface area contributed by atoms with E-state index in [1.165, 1.54) is 12.1 Å². The Kier molecular flexibility index (Phi) is 6.97. The summed E-state index contributed by atoms with van der Waals surface area (Å²) in [5.41, 5.74) is 1.16. The molecule has 1 atom stereocenters. The topological polar surface area (TPSA) is 58.5 Å². The van der Waals surface area contributed by atoms with Crippen molar-refractivity contribution in [2.24, 2.45) is 4.99 Å². The second-order valence-electron chi connectivity index (χ2n) is 7.07. The molecule has 26 heavy (non-hydrogen) atoms. The molecule has 2 rings (SSSR count). The number of hydrogen-bond acceptors (Lipinski definition) is 4. The van der Waals surface area contributed by atoms with Crippen LogP contribution in [-0.4, -0.2) is 30.6 Å². The van der Waals surface area contributed by atoms with Crippen LogP contribution >= 0.6 is 11.3 Å². The Morgan fingerprint density at radius 2 is 1.96 bits per heavy atom. The summed E-state index contributed by atoms with van der Waals surface area (Å²) < 4.78 is 18.7. The molecule has 0 saturated heterocycles. The van der Waals surface area contributed by atoms with Gasteiger partial charge in [-0.15, -0.1) is 11.3 Å². The van der Waals surface area contributed by atoms with Crippen molar-refractivity contribution in [1.82, 2.24) is 15.6 Å². The molecule has 0 aliphatic rings. The van der Waals surface area contributed by atoms with E-state index in [-0.39, 0.29) is 17.3 Å². The number of guanidine groups is 1. The number of ether oxygens (including phenoxy) is 1. The SMILES string of the molecule is CN=C(NCc1nc(C(C)(C)C)cs1)NCC(C)Oc1ccc(F)cc1. The predicted octanol–water partition coefficient (Wildman–Crippen LogP) is 3.71. The van der Waals surface area contributed by atoms with Crippen LogP contribution in [0.15, 0.2) is 34.6 Å². The molecule has 5 nitrogen and oxygen atoms in total. The van der Waals surface area contributed by atoms with Gasteiger partial charge in [-0.25, -0.2) is 9.37 Å². The second-order valence-corrected chi connectivity index (χ2v) is 8.01. The molecule has 142 valence electrons. The maximum atomic E-state index is 12.9. The third kappa shape index (κ3) is 6.29. The third-order valence-corrected chi connectivity index (χ3v) is 4.51. The minimum Gasteiger partial charge on any atom is -0.489 e. The van der Waals surface area contributed by atoms with Crippen molar-refractivity contribution >= 4 is 17.3 Å². The smallest absolute Gasteiger partial charge is 0.191 e. The Morgan fingerprint density at radius 3 is 2.54 bits per heavy atom. The predicted molar refractivity (Wildman–Crippen MR) is 106 cm³/mol. The molecule has 0 saturated carbocycles. The van der Waals surface area contributed by atoms with Crippen molar-refractivity contribution in [2.75, 3.05) is 13.6 Å². The van der Waals surface area contributed by atoms with Gasteiger partial charge in [0.1, 0.15) is 22.7 Å². The fraction of sp³-hybridized carbons (Fsp3) is 0.474. The van der Waals surface area contributed by atoms with Crippen LogP contribution < -0.4 is 15.4 Å². The molecule has 1 aromatic carbocycles. The Morgan fingerprint density at radius 1 is 1.27 bits per heavy atom. The molecule has 1 aromatic heterocycles. The van der Waals surface area contributed by atoms with Crippen LogP contribution in [-0.2, 0) is 12.0 Å². The zero-order chi connectivity index (χ0) is 19.2. The average molecular weight is 379 g/mol. The van der Waals surface area contributed by atoms with E-state index in [1.807, 2.05) is 6.92 Å². The maximum Gasteiger partial charge on any atom is 0.191 e. The summed E-state index contributed by atoms with van der Waals surface area (Å²) in [7, 11) is 1.73. The van der Waals surface area contributed by atoms with Crippen molar-refractivity contribution < 1.29 is 9.13 Å². The molecular weight excluding hydrogens is 351 g/mol. The van der Waals surface area contributed by atoms with Gasteiger partial charge in [-0.3, -0.25) is 4.99 Å². The van der Waals surface area contributed by atoms with E-state index in [0.717, 1.165) is 10.7 Å². The van der Waals surface area contributed by atoms with Crippen molar-refractivity contribution in [1.29, 1.82) is 0 Å². The highest BCUT2D eigenvalue weighted by Gasteiger charge is 2.17. The van der Waals surface area contributed by atoms with Gasteiger partial charge in [0, 0.05) is 17.8 Å². The quantitative estimate of drug-likeness (QED) is 0.594. The molecule has 0 aliphatic carbocycles. The number of aliphatic imine (C=N–C) groups is 1. The average Bonchev–Trinajstić information content (AvgIpc) is 3.06. The zero-order valence-electron chi connectivity index (χ0n) is 16.0. The molecule has 0 radical (unpaired) electrons. The lowest BCUT2D eigenvalue weighted by atomic mass is 9.93. The summed E-state index contributed by atoms with van der Waals surface area (Å²) in [6.07, 6.45) is -0.0913. The lowest BCUT2D eigenvalue weighted by molar-refractivity contribution is 0.223. The van der Waals surface area contributed by atoms with Gasteiger partial charge in [0.2, 0.25) is 0 Å². The summed E-state index contributed by atoms with van der Waals surface area (Å²) >= 11 is 1.64. The van der Waals surface area contributed by atoms with E-state index in [2.05, 4.69) is 46.8 Å². The molecular formula is C19H27FN4OS. The Balaban J connectivity index is 1.78. The molecule has 0 bridgehead atoms. The van der Waals surface area contributed by atoms with Crippen molar-refractivity contribution in [3.05, 3.63) is 46.2 Å². The van der Waals surface area contributed by atoms with Gasteiger partial charge in [-0.1, -0.05) is 20.8 Å². The number of hydrogen-bond donors (Lipinski definition) is 2. The number of benzene rings is 1. The Hall–Kier alpha value is -2.15. The van der Waals surface area contributed by atoms with E-state index < -0.39 is 0 Å². The second kappa shape index (κ2) is 8.98. The van der Waals surface area contributed by atoms with E-state index in [1.54, 1.807) is 30.5 Å². The summed E-state index contributed by atoms with van der Waals surface area (Å²) in [5, 5.41) is 9.61. The van der Waals surface area contributed by atoms with Crippen LogP contribution in [0.25, 0.3) is 0 Å². The van der Waals surface area contributed by atoms with E-state index >= 15 is 0 Å². The first-order chi connectivity index (χ1) is 12.3. The Labute approximate surface area is 158 Å². The molecule has 0 fully saturated rings. The molecule has 0 amide bonds. The monoisotopic (exact) mass is 378 g/mol.